The van der Waals surface area contributed by atoms with Gasteiger partial charge in [0.2, 0.25) is 17.7 Å². The molecule has 1 spiro atoms. The number of hydrogen-bond donors (Lipinski definition) is 3. The molecule has 10 nitrogen and oxygen atoms in total. The van der Waals surface area contributed by atoms with E-state index >= 15 is 0 Å². The van der Waals surface area contributed by atoms with Gasteiger partial charge in [-0.15, -0.1) is 0 Å². The summed E-state index contributed by atoms with van der Waals surface area (Å²) in [7, 11) is 1.57. The van der Waals surface area contributed by atoms with Crippen molar-refractivity contribution in [1.82, 2.24) is 20.4 Å². The van der Waals surface area contributed by atoms with Crippen molar-refractivity contribution in [2.24, 2.45) is 11.8 Å². The number of rotatable bonds is 9. The van der Waals surface area contributed by atoms with E-state index in [1.54, 1.807) is 11.9 Å². The van der Waals surface area contributed by atoms with Crippen LogP contribution in [0.5, 0.6) is 0 Å². The van der Waals surface area contributed by atoms with Gasteiger partial charge in [0.05, 0.1) is 30.7 Å². The summed E-state index contributed by atoms with van der Waals surface area (Å²) in [6, 6.07) is -0.764. The van der Waals surface area contributed by atoms with Gasteiger partial charge in [-0.3, -0.25) is 19.3 Å². The lowest BCUT2D eigenvalue weighted by Gasteiger charge is -2.34. The summed E-state index contributed by atoms with van der Waals surface area (Å²) >= 11 is 0. The summed E-state index contributed by atoms with van der Waals surface area (Å²) in [5.41, 5.74) is -1.73. The number of carbonyl (C=O) groups is 3. The smallest absolute Gasteiger partial charge is 0.245 e. The van der Waals surface area contributed by atoms with Crippen LogP contribution < -0.4 is 10.6 Å². The fourth-order valence-electron chi connectivity index (χ4n) is 6.18. The van der Waals surface area contributed by atoms with Gasteiger partial charge in [0.25, 0.3) is 0 Å². The van der Waals surface area contributed by atoms with Crippen LogP contribution in [0.15, 0.2) is 0 Å². The first-order valence-corrected chi connectivity index (χ1v) is 11.8. The van der Waals surface area contributed by atoms with E-state index in [4.69, 9.17) is 9.47 Å². The molecule has 10 heteroatoms. The molecule has 5 atom stereocenters. The molecule has 0 aromatic heterocycles. The Morgan fingerprint density at radius 3 is 2.59 bits per heavy atom. The zero-order valence-electron chi connectivity index (χ0n) is 19.1. The van der Waals surface area contributed by atoms with Crippen molar-refractivity contribution >= 4 is 17.7 Å². The Hall–Kier alpha value is -1.75. The second-order valence-corrected chi connectivity index (χ2v) is 9.55. The molecule has 4 aliphatic rings. The molecule has 32 heavy (non-hydrogen) atoms. The van der Waals surface area contributed by atoms with E-state index in [0.29, 0.717) is 52.0 Å². The number of nitrogens with one attached hydrogen (secondary N) is 2. The van der Waals surface area contributed by atoms with Gasteiger partial charge in [0.15, 0.2) is 0 Å². The fourth-order valence-corrected chi connectivity index (χ4v) is 6.18. The molecule has 0 saturated carbocycles. The van der Waals surface area contributed by atoms with Crippen LogP contribution in [0.1, 0.15) is 32.6 Å². The Morgan fingerprint density at radius 1 is 1.16 bits per heavy atom. The fraction of sp³-hybridized carbons (Fsp3) is 0.864. The van der Waals surface area contributed by atoms with E-state index in [0.717, 1.165) is 19.6 Å². The lowest BCUT2D eigenvalue weighted by atomic mass is 9.66. The monoisotopic (exact) mass is 452 g/mol. The third-order valence-corrected chi connectivity index (χ3v) is 7.69. The molecular formula is C22H36N4O6. The maximum Gasteiger partial charge on any atom is 0.245 e. The Balaban J connectivity index is 1.54. The number of aliphatic hydroxyl groups excluding tert-OH is 1. The average molecular weight is 453 g/mol. The first-order chi connectivity index (χ1) is 15.4. The number of likely N-dealkylation sites (tertiary alicyclic amines) is 1. The van der Waals surface area contributed by atoms with Gasteiger partial charge in [-0.2, -0.15) is 0 Å². The van der Waals surface area contributed by atoms with Crippen molar-refractivity contribution in [3.05, 3.63) is 0 Å². The number of fused-ring (bicyclic) bond motifs is 1. The molecule has 0 aliphatic carbocycles. The average Bonchev–Trinajstić information content (AvgIpc) is 3.35. The molecule has 3 N–H and O–H groups in total. The lowest BCUT2D eigenvalue weighted by molar-refractivity contribution is -0.146. The predicted octanol–water partition coefficient (Wildman–Crippen LogP) is -1.28. The normalized spacial score (nSPS) is 36.4. The highest BCUT2D eigenvalue weighted by atomic mass is 16.5. The van der Waals surface area contributed by atoms with E-state index in [9.17, 15) is 19.5 Å². The molecule has 0 radical (unpaired) electrons. The van der Waals surface area contributed by atoms with E-state index in [2.05, 4.69) is 15.5 Å². The Labute approximate surface area is 189 Å². The predicted molar refractivity (Wildman–Crippen MR) is 115 cm³/mol. The van der Waals surface area contributed by atoms with Gasteiger partial charge in [0, 0.05) is 46.4 Å². The number of unbranched alkanes of at least 4 members (excludes halogenated alkanes) is 1. The number of amides is 3. The molecule has 3 amide bonds. The molecule has 2 unspecified atom stereocenters. The highest BCUT2D eigenvalue weighted by Crippen LogP contribution is 2.63. The second kappa shape index (κ2) is 9.24. The largest absolute Gasteiger partial charge is 0.396 e. The summed E-state index contributed by atoms with van der Waals surface area (Å²) in [4.78, 5) is 43.7. The minimum absolute atomic E-state index is 0.0302. The molecule has 0 aromatic rings. The van der Waals surface area contributed by atoms with Crippen LogP contribution in [-0.2, 0) is 23.9 Å². The number of carbonyl (C=O) groups excluding carboxylic acids is 3. The van der Waals surface area contributed by atoms with E-state index in [-0.39, 0.29) is 24.3 Å². The quantitative estimate of drug-likeness (QED) is 0.373. The standard InChI is InChI=1S/C22H36N4O6/c1-21-5-6-22(32-21)16(15(21)18(28)23-2)20(30)26(8-3-4-12-27)17(22)19(29)24-7-9-25-10-13-31-14-11-25/h15-17,27H,3-14H2,1-2H3,(H,23,28)(H,24,29)/t15-,16-,17?,21+,22?/m0/s1. The molecular weight excluding hydrogens is 416 g/mol. The maximum atomic E-state index is 13.6. The van der Waals surface area contributed by atoms with Crippen molar-refractivity contribution in [3.8, 4) is 0 Å². The minimum Gasteiger partial charge on any atom is -0.396 e. The number of nitrogens with zero attached hydrogens (tertiary/aromatic N) is 2. The molecule has 4 aliphatic heterocycles. The topological polar surface area (TPSA) is 120 Å². The summed E-state index contributed by atoms with van der Waals surface area (Å²) in [5, 5.41) is 14.9. The maximum absolute atomic E-state index is 13.6. The number of ether oxygens (including phenoxy) is 2. The zero-order valence-corrected chi connectivity index (χ0v) is 19.1. The molecule has 0 aromatic carbocycles. The molecule has 4 fully saturated rings. The van der Waals surface area contributed by atoms with Crippen LogP contribution in [0.2, 0.25) is 0 Å². The Morgan fingerprint density at radius 2 is 1.91 bits per heavy atom. The van der Waals surface area contributed by atoms with Crippen molar-refractivity contribution in [2.45, 2.75) is 49.9 Å². The Kier molecular flexibility index (Phi) is 6.76. The van der Waals surface area contributed by atoms with Crippen LogP contribution in [0.3, 0.4) is 0 Å². The second-order valence-electron chi connectivity index (χ2n) is 9.55. The summed E-state index contributed by atoms with van der Waals surface area (Å²) < 4.78 is 11.9. The molecule has 180 valence electrons. The third-order valence-electron chi connectivity index (χ3n) is 7.69. The highest BCUT2D eigenvalue weighted by molar-refractivity contribution is 5.99. The van der Waals surface area contributed by atoms with Crippen molar-refractivity contribution in [3.63, 3.8) is 0 Å². The van der Waals surface area contributed by atoms with Gasteiger partial charge >= 0.3 is 0 Å². The minimum atomic E-state index is -0.981. The number of hydrogen-bond acceptors (Lipinski definition) is 7. The first-order valence-electron chi connectivity index (χ1n) is 11.8. The van der Waals surface area contributed by atoms with Gasteiger partial charge in [-0.05, 0) is 32.6 Å². The number of aliphatic hydroxyl groups is 1. The van der Waals surface area contributed by atoms with Gasteiger partial charge in [0.1, 0.15) is 11.6 Å². The van der Waals surface area contributed by atoms with Gasteiger partial charge in [-0.25, -0.2) is 0 Å². The van der Waals surface area contributed by atoms with Crippen LogP contribution >= 0.6 is 0 Å². The Bertz CT molecular complexity index is 744. The van der Waals surface area contributed by atoms with Crippen molar-refractivity contribution < 1.29 is 29.0 Å². The van der Waals surface area contributed by atoms with Gasteiger partial charge < -0.3 is 30.1 Å². The number of morpholine rings is 1. The van der Waals surface area contributed by atoms with Crippen LogP contribution in [0.4, 0.5) is 0 Å². The molecule has 2 bridgehead atoms. The summed E-state index contributed by atoms with van der Waals surface area (Å²) in [6.45, 7) is 6.54. The SMILES string of the molecule is CNC(=O)[C@@H]1[C@H]2C(=O)N(CCCCO)C(C(=O)NCCN3CCOCC3)C23CC[C@@]1(C)O3. The van der Waals surface area contributed by atoms with Crippen LogP contribution in [-0.4, -0.2) is 109 Å². The van der Waals surface area contributed by atoms with E-state index < -0.39 is 29.1 Å². The molecule has 4 rings (SSSR count). The summed E-state index contributed by atoms with van der Waals surface area (Å²) in [5.74, 6) is -1.89. The van der Waals surface area contributed by atoms with E-state index in [1.807, 2.05) is 6.92 Å². The summed E-state index contributed by atoms with van der Waals surface area (Å²) in [6.07, 6.45) is 2.34. The van der Waals surface area contributed by atoms with Crippen molar-refractivity contribution in [2.75, 3.05) is 59.6 Å². The lowest BCUT2D eigenvalue weighted by Crippen LogP contribution is -2.56. The molecule has 4 saturated heterocycles. The zero-order chi connectivity index (χ0) is 22.9. The van der Waals surface area contributed by atoms with Crippen LogP contribution in [0.25, 0.3) is 0 Å². The third kappa shape index (κ3) is 3.81. The van der Waals surface area contributed by atoms with Gasteiger partial charge in [-0.1, -0.05) is 0 Å². The van der Waals surface area contributed by atoms with E-state index in [1.165, 1.54) is 0 Å². The molecule has 4 heterocycles. The van der Waals surface area contributed by atoms with Crippen molar-refractivity contribution in [1.29, 1.82) is 0 Å². The van der Waals surface area contributed by atoms with Crippen LogP contribution in [0, 0.1) is 11.8 Å². The highest BCUT2D eigenvalue weighted by Gasteiger charge is 2.77. The first kappa shape index (κ1) is 23.4.